The number of hydrogen-bond acceptors (Lipinski definition) is 10. The third kappa shape index (κ3) is 5.11. The van der Waals surface area contributed by atoms with Crippen molar-refractivity contribution < 1.29 is 9.90 Å². The number of carboxylic acids is 1. The number of nitrogens with zero attached hydrogens (tertiary/aromatic N) is 7. The molecule has 2 fully saturated rings. The lowest BCUT2D eigenvalue weighted by molar-refractivity contribution is -0.137. The zero-order valence-electron chi connectivity index (χ0n) is 15.9. The monoisotopic (exact) mass is 396 g/mol. The summed E-state index contributed by atoms with van der Waals surface area (Å²) in [5, 5.41) is 12.2. The van der Waals surface area contributed by atoms with Crippen LogP contribution in [0.4, 0.5) is 17.8 Å². The summed E-state index contributed by atoms with van der Waals surface area (Å²) in [5.74, 6) is 0.645. The molecule has 1 unspecified atom stereocenters. The van der Waals surface area contributed by atoms with Gasteiger partial charge in [0, 0.05) is 58.1 Å². The van der Waals surface area contributed by atoms with Crippen molar-refractivity contribution in [2.24, 2.45) is 0 Å². The summed E-state index contributed by atoms with van der Waals surface area (Å²) in [6, 6.07) is -0.851. The van der Waals surface area contributed by atoms with Crippen LogP contribution in [0.1, 0.15) is 0 Å². The van der Waals surface area contributed by atoms with Gasteiger partial charge >= 0.3 is 5.97 Å². The molecule has 0 radical (unpaired) electrons. The molecule has 3 rings (SSSR count). The first kappa shape index (κ1) is 19.9. The third-order valence-corrected chi connectivity index (χ3v) is 5.33. The largest absolute Gasteiger partial charge is 0.480 e. The van der Waals surface area contributed by atoms with Crippen LogP contribution in [-0.2, 0) is 4.79 Å². The van der Waals surface area contributed by atoms with Crippen molar-refractivity contribution in [2.45, 2.75) is 6.04 Å². The Kier molecular flexibility index (Phi) is 6.55. The van der Waals surface area contributed by atoms with Gasteiger partial charge in [0.2, 0.25) is 17.8 Å². The number of carbonyl (C=O) groups is 1. The first-order valence-electron chi connectivity index (χ1n) is 9.19. The minimum absolute atomic E-state index is 0.148. The van der Waals surface area contributed by atoms with Crippen molar-refractivity contribution in [3.63, 3.8) is 0 Å². The molecule has 0 aliphatic carbocycles. The van der Waals surface area contributed by atoms with Gasteiger partial charge in [-0.1, -0.05) is 0 Å². The number of piperazine rings is 2. The lowest BCUT2D eigenvalue weighted by Gasteiger charge is -2.35. The second-order valence-corrected chi connectivity index (χ2v) is 7.42. The third-order valence-electron chi connectivity index (χ3n) is 4.97. The molecule has 2 N–H and O–H groups in total. The summed E-state index contributed by atoms with van der Waals surface area (Å²) < 4.78 is 0. The Labute approximate surface area is 165 Å². The van der Waals surface area contributed by atoms with E-state index in [1.54, 1.807) is 0 Å². The summed E-state index contributed by atoms with van der Waals surface area (Å²) in [6.07, 6.45) is 0. The van der Waals surface area contributed by atoms with E-state index in [1.165, 1.54) is 0 Å². The number of carboxylic acid groups (broad SMARTS) is 1. The molecule has 0 saturated carbocycles. The lowest BCUT2D eigenvalue weighted by Crippen LogP contribution is -2.47. The number of aliphatic carboxylic acids is 1. The average Bonchev–Trinajstić information content (AvgIpc) is 2.66. The van der Waals surface area contributed by atoms with Gasteiger partial charge in [0.25, 0.3) is 0 Å². The average molecular weight is 397 g/mol. The van der Waals surface area contributed by atoms with E-state index in [0.717, 1.165) is 52.4 Å². The number of rotatable bonds is 6. The van der Waals surface area contributed by atoms with E-state index in [-0.39, 0.29) is 11.7 Å². The highest BCUT2D eigenvalue weighted by Gasteiger charge is 2.24. The zero-order chi connectivity index (χ0) is 19.4. The maximum Gasteiger partial charge on any atom is 0.327 e. The molecule has 10 nitrogen and oxygen atoms in total. The highest BCUT2D eigenvalue weighted by Crippen LogP contribution is 2.19. The minimum Gasteiger partial charge on any atom is -0.480 e. The van der Waals surface area contributed by atoms with Crippen LogP contribution in [0.3, 0.4) is 0 Å². The summed E-state index contributed by atoms with van der Waals surface area (Å²) >= 11 is 4.11. The highest BCUT2D eigenvalue weighted by atomic mass is 32.1. The molecule has 0 amide bonds. The minimum atomic E-state index is -0.979. The molecule has 2 aliphatic heterocycles. The first-order chi connectivity index (χ1) is 13.0. The number of anilines is 3. The van der Waals surface area contributed by atoms with Gasteiger partial charge in [-0.2, -0.15) is 27.6 Å². The molecule has 11 heteroatoms. The van der Waals surface area contributed by atoms with Crippen LogP contribution in [0.15, 0.2) is 0 Å². The standard InChI is InChI=1S/C16H28N8O2S/c1-21-3-7-23(8-4-21)15-18-14(17-12(11-27)13(25)26)19-16(20-15)24-9-5-22(2)6-10-24/h12,27H,3-11H2,1-2H3,(H,25,26)(H,17,18,19,20). The molecule has 1 aromatic heterocycles. The van der Waals surface area contributed by atoms with Gasteiger partial charge in [-0.05, 0) is 14.1 Å². The maximum atomic E-state index is 11.4. The Morgan fingerprint density at radius 2 is 1.41 bits per heavy atom. The Morgan fingerprint density at radius 1 is 0.963 bits per heavy atom. The molecule has 1 aromatic rings. The van der Waals surface area contributed by atoms with Gasteiger partial charge in [-0.25, -0.2) is 4.79 Å². The molecule has 3 heterocycles. The van der Waals surface area contributed by atoms with Crippen molar-refractivity contribution in [3.8, 4) is 0 Å². The zero-order valence-corrected chi connectivity index (χ0v) is 16.8. The molecular formula is C16H28N8O2S. The fraction of sp³-hybridized carbons (Fsp3) is 0.750. The predicted octanol–water partition coefficient (Wildman–Crippen LogP) is -0.830. The van der Waals surface area contributed by atoms with Crippen LogP contribution in [0.25, 0.3) is 0 Å². The molecule has 0 aromatic carbocycles. The molecule has 0 spiro atoms. The fourth-order valence-electron chi connectivity index (χ4n) is 3.06. The molecule has 2 aliphatic rings. The van der Waals surface area contributed by atoms with Crippen LogP contribution in [0.2, 0.25) is 0 Å². The van der Waals surface area contributed by atoms with Gasteiger partial charge in [-0.15, -0.1) is 0 Å². The quantitative estimate of drug-likeness (QED) is 0.528. The van der Waals surface area contributed by atoms with Crippen molar-refractivity contribution in [3.05, 3.63) is 0 Å². The van der Waals surface area contributed by atoms with E-state index in [0.29, 0.717) is 11.9 Å². The summed E-state index contributed by atoms with van der Waals surface area (Å²) in [5.41, 5.74) is 0. The lowest BCUT2D eigenvalue weighted by atomic mass is 10.3. The Bertz CT molecular complexity index is 607. The van der Waals surface area contributed by atoms with Crippen LogP contribution >= 0.6 is 12.6 Å². The van der Waals surface area contributed by atoms with Crippen molar-refractivity contribution in [2.75, 3.05) is 87.3 Å². The SMILES string of the molecule is CN1CCN(c2nc(NC(CS)C(=O)O)nc(N3CCN(C)CC3)n2)CC1. The number of aromatic nitrogens is 3. The molecular weight excluding hydrogens is 368 g/mol. The van der Waals surface area contributed by atoms with E-state index in [9.17, 15) is 9.90 Å². The summed E-state index contributed by atoms with van der Waals surface area (Å²) in [7, 11) is 4.19. The fourth-order valence-corrected chi connectivity index (χ4v) is 3.30. The summed E-state index contributed by atoms with van der Waals surface area (Å²) in [4.78, 5) is 33.8. The van der Waals surface area contributed by atoms with Gasteiger partial charge in [0.1, 0.15) is 6.04 Å². The number of likely N-dealkylation sites (N-methyl/N-ethyl adjacent to an activating group) is 2. The van der Waals surface area contributed by atoms with Crippen LogP contribution < -0.4 is 15.1 Å². The van der Waals surface area contributed by atoms with Gasteiger partial charge < -0.3 is 30.0 Å². The molecule has 1 atom stereocenters. The van der Waals surface area contributed by atoms with E-state index >= 15 is 0 Å². The first-order valence-corrected chi connectivity index (χ1v) is 9.83. The Balaban J connectivity index is 1.86. The summed E-state index contributed by atoms with van der Waals surface area (Å²) in [6.45, 7) is 7.07. The van der Waals surface area contributed by atoms with Crippen molar-refractivity contribution >= 4 is 36.4 Å². The van der Waals surface area contributed by atoms with E-state index < -0.39 is 12.0 Å². The van der Waals surface area contributed by atoms with Gasteiger partial charge in [0.05, 0.1) is 0 Å². The molecule has 150 valence electrons. The van der Waals surface area contributed by atoms with E-state index in [2.05, 4.69) is 61.6 Å². The molecule has 2 saturated heterocycles. The maximum absolute atomic E-state index is 11.4. The second-order valence-electron chi connectivity index (χ2n) is 7.06. The van der Waals surface area contributed by atoms with Crippen LogP contribution in [0, 0.1) is 0 Å². The van der Waals surface area contributed by atoms with Gasteiger partial charge in [-0.3, -0.25) is 0 Å². The van der Waals surface area contributed by atoms with Crippen molar-refractivity contribution in [1.82, 2.24) is 24.8 Å². The van der Waals surface area contributed by atoms with Crippen LogP contribution in [0.5, 0.6) is 0 Å². The predicted molar refractivity (Wildman–Crippen MR) is 108 cm³/mol. The Hall–Kier alpha value is -1.85. The normalized spacial score (nSPS) is 20.6. The number of hydrogen-bond donors (Lipinski definition) is 3. The second kappa shape index (κ2) is 8.89. The number of nitrogens with one attached hydrogen (secondary N) is 1. The smallest absolute Gasteiger partial charge is 0.327 e. The topological polar surface area (TPSA) is 101 Å². The molecule has 27 heavy (non-hydrogen) atoms. The molecule has 0 bridgehead atoms. The van der Waals surface area contributed by atoms with Crippen molar-refractivity contribution in [1.29, 1.82) is 0 Å². The van der Waals surface area contributed by atoms with Gasteiger partial charge in [0.15, 0.2) is 0 Å². The number of thiol groups is 1. The van der Waals surface area contributed by atoms with Crippen LogP contribution in [-0.4, -0.2) is 114 Å². The van der Waals surface area contributed by atoms with E-state index in [4.69, 9.17) is 4.98 Å². The highest BCUT2D eigenvalue weighted by molar-refractivity contribution is 7.80. The van der Waals surface area contributed by atoms with E-state index in [1.807, 2.05) is 0 Å². The Morgan fingerprint density at radius 3 is 1.78 bits per heavy atom.